The summed E-state index contributed by atoms with van der Waals surface area (Å²) in [6.45, 7) is 4.22. The molecule has 0 spiro atoms. The van der Waals surface area contributed by atoms with Crippen molar-refractivity contribution in [3.05, 3.63) is 147 Å². The van der Waals surface area contributed by atoms with E-state index in [4.69, 9.17) is 66.7 Å². The molecular formula is C36H31Cl4N5O8. The number of halogens is 4. The molecule has 0 saturated carbocycles. The number of pyridine rings is 3. The Morgan fingerprint density at radius 3 is 1.38 bits per heavy atom. The van der Waals surface area contributed by atoms with Crippen LogP contribution in [0.25, 0.3) is 0 Å². The molecule has 0 atom stereocenters. The van der Waals surface area contributed by atoms with E-state index < -0.39 is 17.2 Å². The minimum absolute atomic E-state index is 0.0231. The molecule has 1 amide bonds. The fourth-order valence-electron chi connectivity index (χ4n) is 3.57. The highest BCUT2D eigenvalue weighted by Crippen LogP contribution is 2.16. The summed E-state index contributed by atoms with van der Waals surface area (Å²) in [5.41, 5.74) is 8.16. The van der Waals surface area contributed by atoms with Crippen molar-refractivity contribution < 1.29 is 38.6 Å². The van der Waals surface area contributed by atoms with Crippen LogP contribution in [0.2, 0.25) is 15.5 Å². The topological polar surface area (TPSA) is 201 Å². The molecule has 0 aliphatic rings. The number of aromatic nitrogens is 3. The molecule has 5 aromatic rings. The van der Waals surface area contributed by atoms with Crippen molar-refractivity contribution in [1.29, 1.82) is 0 Å². The first-order chi connectivity index (χ1) is 25.3. The maximum atomic E-state index is 12.0. The molecule has 53 heavy (non-hydrogen) atoms. The monoisotopic (exact) mass is 801 g/mol. The molecule has 4 N–H and O–H groups in total. The van der Waals surface area contributed by atoms with Gasteiger partial charge in [0.05, 0.1) is 41.0 Å². The van der Waals surface area contributed by atoms with Crippen molar-refractivity contribution in [3.63, 3.8) is 0 Å². The van der Waals surface area contributed by atoms with E-state index in [0.29, 0.717) is 35.7 Å². The van der Waals surface area contributed by atoms with Crippen molar-refractivity contribution in [2.45, 2.75) is 13.8 Å². The van der Waals surface area contributed by atoms with Crippen molar-refractivity contribution in [2.24, 2.45) is 0 Å². The van der Waals surface area contributed by atoms with Crippen LogP contribution in [0, 0.1) is 0 Å². The average Bonchev–Trinajstić information content (AvgIpc) is 3.13. The van der Waals surface area contributed by atoms with Crippen molar-refractivity contribution in [2.75, 3.05) is 24.3 Å². The molecule has 3 aromatic heterocycles. The Kier molecular flexibility index (Phi) is 19.0. The number of carbonyl (C=O) groups is 5. The molecule has 5 rings (SSSR count). The lowest BCUT2D eigenvalue weighted by molar-refractivity contribution is 0.0517. The second-order valence-electron chi connectivity index (χ2n) is 9.70. The lowest BCUT2D eigenvalue weighted by Crippen LogP contribution is -2.13. The third-order valence-corrected chi connectivity index (χ3v) is 7.15. The van der Waals surface area contributed by atoms with Crippen molar-refractivity contribution >= 4 is 86.8 Å². The molecule has 0 fully saturated rings. The molecule has 276 valence electrons. The van der Waals surface area contributed by atoms with Gasteiger partial charge in [-0.1, -0.05) is 34.8 Å². The van der Waals surface area contributed by atoms with E-state index in [1.165, 1.54) is 36.8 Å². The summed E-state index contributed by atoms with van der Waals surface area (Å²) in [4.78, 5) is 66.5. The number of nitrogens with one attached hydrogen (secondary N) is 1. The highest BCUT2D eigenvalue weighted by molar-refractivity contribution is 6.68. The van der Waals surface area contributed by atoms with Crippen molar-refractivity contribution in [3.8, 4) is 0 Å². The zero-order valence-corrected chi connectivity index (χ0v) is 31.0. The Balaban J connectivity index is 0.000000260. The molecule has 0 aliphatic heterocycles. The molecule has 0 saturated heterocycles. The molecule has 13 nitrogen and oxygen atoms in total. The highest BCUT2D eigenvalue weighted by atomic mass is 35.5. The Labute approximate surface area is 324 Å². The van der Waals surface area contributed by atoms with Crippen LogP contribution in [0.15, 0.2) is 104 Å². The number of nitrogens with zero attached hydrogens (tertiary/aromatic N) is 3. The van der Waals surface area contributed by atoms with Crippen LogP contribution in [0.4, 0.5) is 11.4 Å². The van der Waals surface area contributed by atoms with Gasteiger partial charge in [-0.25, -0.2) is 29.3 Å². The summed E-state index contributed by atoms with van der Waals surface area (Å²) >= 11 is 21.9. The summed E-state index contributed by atoms with van der Waals surface area (Å²) in [6, 6.07) is 22.3. The average molecular weight is 803 g/mol. The number of carbonyl (C=O) groups excluding carboxylic acids is 4. The van der Waals surface area contributed by atoms with Gasteiger partial charge in [0.1, 0.15) is 15.5 Å². The first kappa shape index (κ1) is 43.6. The summed E-state index contributed by atoms with van der Waals surface area (Å²) < 4.78 is 9.67. The van der Waals surface area contributed by atoms with Crippen LogP contribution < -0.4 is 11.1 Å². The maximum Gasteiger partial charge on any atom is 0.338 e. The smallest absolute Gasteiger partial charge is 0.338 e. The third kappa shape index (κ3) is 15.3. The van der Waals surface area contributed by atoms with Crippen LogP contribution in [0.3, 0.4) is 0 Å². The molecule has 0 unspecified atom stereocenters. The number of benzene rings is 2. The Bertz CT molecular complexity index is 1940. The van der Waals surface area contributed by atoms with Crippen LogP contribution in [0.5, 0.6) is 0 Å². The number of esters is 2. The van der Waals surface area contributed by atoms with Gasteiger partial charge in [0.25, 0.3) is 11.1 Å². The molecule has 0 bridgehead atoms. The second kappa shape index (κ2) is 23.1. The normalized spacial score (nSPS) is 9.62. The van der Waals surface area contributed by atoms with Crippen LogP contribution in [0.1, 0.15) is 65.6 Å². The largest absolute Gasteiger partial charge is 0.478 e. The van der Waals surface area contributed by atoms with Crippen molar-refractivity contribution in [1.82, 2.24) is 15.0 Å². The van der Waals surface area contributed by atoms with Gasteiger partial charge >= 0.3 is 17.9 Å². The van der Waals surface area contributed by atoms with E-state index in [-0.39, 0.29) is 44.0 Å². The fourth-order valence-corrected chi connectivity index (χ4v) is 4.38. The number of carboxylic acids is 1. The van der Waals surface area contributed by atoms with E-state index >= 15 is 0 Å². The van der Waals surface area contributed by atoms with Gasteiger partial charge in [0.15, 0.2) is 0 Å². The first-order valence-electron chi connectivity index (χ1n) is 15.1. The number of rotatable bonds is 8. The lowest BCUT2D eigenvalue weighted by Gasteiger charge is -2.07. The molecule has 3 heterocycles. The van der Waals surface area contributed by atoms with Gasteiger partial charge in [-0.05, 0) is 110 Å². The number of hydrogen-bond acceptors (Lipinski definition) is 11. The van der Waals surface area contributed by atoms with Gasteiger partial charge < -0.3 is 25.6 Å². The Morgan fingerprint density at radius 2 is 1.04 bits per heavy atom. The zero-order valence-electron chi connectivity index (χ0n) is 28.0. The number of nitrogen functional groups attached to an aromatic ring is 1. The number of ether oxygens (including phenoxy) is 2. The lowest BCUT2D eigenvalue weighted by atomic mass is 10.2. The number of carboxylic acid groups (broad SMARTS) is 1. The first-order valence-corrected chi connectivity index (χ1v) is 16.7. The molecule has 2 aromatic carbocycles. The minimum atomic E-state index is -1.06. The molecule has 0 aliphatic carbocycles. The third-order valence-electron chi connectivity index (χ3n) is 6.04. The van der Waals surface area contributed by atoms with E-state index in [1.54, 1.807) is 80.6 Å². The number of anilines is 2. The van der Waals surface area contributed by atoms with E-state index in [1.807, 2.05) is 0 Å². The molecule has 17 heteroatoms. The summed E-state index contributed by atoms with van der Waals surface area (Å²) in [5, 5.41) is 10.8. The minimum Gasteiger partial charge on any atom is -0.478 e. The summed E-state index contributed by atoms with van der Waals surface area (Å²) in [5.74, 6) is -2.13. The van der Waals surface area contributed by atoms with Gasteiger partial charge in [0.2, 0.25) is 0 Å². The van der Waals surface area contributed by atoms with Gasteiger partial charge in [-0.15, -0.1) is 0 Å². The summed E-state index contributed by atoms with van der Waals surface area (Å²) in [7, 11) is 0. The highest BCUT2D eigenvalue weighted by Gasteiger charge is 2.12. The van der Waals surface area contributed by atoms with Crippen LogP contribution >= 0.6 is 46.4 Å². The standard InChI is InChI=1S/C15H13ClN2O3.C9H11NO2.C6H3Cl2NO.C6H4ClNO2/c1-2-21-15(20)10-5-7-11(8-6-10)18-14(19)12-4-3-9-17-13(12)16;1-2-12-9(11)7-3-5-8(10)6-4-7;7-5-4(6(8)10)2-1-3-9-5;7-5-4(6(9)10)2-1-3-8-5/h3-9H,2H2,1H3,(H,18,19);3-6H,2,10H2,1H3;1-3H;1-3H,(H,9,10). The van der Waals surface area contributed by atoms with E-state index in [0.717, 1.165) is 0 Å². The summed E-state index contributed by atoms with van der Waals surface area (Å²) in [6.07, 6.45) is 4.44. The maximum absolute atomic E-state index is 12.0. The van der Waals surface area contributed by atoms with Gasteiger partial charge in [-0.3, -0.25) is 9.59 Å². The van der Waals surface area contributed by atoms with Crippen LogP contribution in [-0.4, -0.2) is 62.3 Å². The zero-order chi connectivity index (χ0) is 39.3. The Hall–Kier alpha value is -5.60. The van der Waals surface area contributed by atoms with E-state index in [2.05, 4.69) is 20.3 Å². The number of nitrogens with two attached hydrogens (primary N) is 1. The second-order valence-corrected chi connectivity index (χ2v) is 11.1. The predicted molar refractivity (Wildman–Crippen MR) is 202 cm³/mol. The molecule has 0 radical (unpaired) electrons. The number of hydrogen-bond donors (Lipinski definition) is 3. The van der Waals surface area contributed by atoms with Gasteiger partial charge in [-0.2, -0.15) is 0 Å². The quantitative estimate of drug-likeness (QED) is 0.0589. The fraction of sp³-hybridized carbons (Fsp3) is 0.111. The van der Waals surface area contributed by atoms with E-state index in [9.17, 15) is 24.0 Å². The number of amides is 1. The Morgan fingerprint density at radius 1 is 0.642 bits per heavy atom. The predicted octanol–water partition coefficient (Wildman–Crippen LogP) is 8.16. The SMILES string of the molecule is CCOC(=O)c1ccc(N)cc1.CCOC(=O)c1ccc(NC(=O)c2cccnc2Cl)cc1.O=C(Cl)c1cccnc1Cl.O=C(O)c1cccnc1Cl. The van der Waals surface area contributed by atoms with Gasteiger partial charge in [0, 0.05) is 30.0 Å². The number of aromatic carboxylic acids is 1. The molecular weight excluding hydrogens is 772 g/mol. The van der Waals surface area contributed by atoms with Crippen LogP contribution in [-0.2, 0) is 9.47 Å².